The number of aliphatic hydroxyl groups is 1. The third-order valence-corrected chi connectivity index (χ3v) is 5.10. The largest absolute Gasteiger partial charge is 0.495 e. The average molecular weight is 363 g/mol. The zero-order chi connectivity index (χ0) is 18.8. The highest BCUT2D eigenvalue weighted by Crippen LogP contribution is 2.38. The molecule has 6 nitrogen and oxygen atoms in total. The average Bonchev–Trinajstić information content (AvgIpc) is 2.69. The van der Waals surface area contributed by atoms with Gasteiger partial charge in [-0.1, -0.05) is 6.07 Å². The Kier molecular flexibility index (Phi) is 4.73. The van der Waals surface area contributed by atoms with E-state index in [4.69, 9.17) is 4.74 Å². The Labute approximate surface area is 157 Å². The molecule has 27 heavy (non-hydrogen) atoms. The van der Waals surface area contributed by atoms with Crippen LogP contribution >= 0.6 is 0 Å². The van der Waals surface area contributed by atoms with Crippen molar-refractivity contribution in [2.75, 3.05) is 7.11 Å². The monoisotopic (exact) mass is 363 g/mol. The molecule has 6 heteroatoms. The minimum Gasteiger partial charge on any atom is -0.495 e. The van der Waals surface area contributed by atoms with E-state index in [1.54, 1.807) is 31.8 Å². The van der Waals surface area contributed by atoms with Crippen LogP contribution in [-0.2, 0) is 0 Å². The summed E-state index contributed by atoms with van der Waals surface area (Å²) < 4.78 is 5.26. The number of fused-ring (bicyclic) bond motifs is 1. The van der Waals surface area contributed by atoms with Crippen LogP contribution in [0.2, 0.25) is 0 Å². The molecule has 1 unspecified atom stereocenters. The quantitative estimate of drug-likeness (QED) is 0.728. The van der Waals surface area contributed by atoms with E-state index in [2.05, 4.69) is 15.3 Å². The van der Waals surface area contributed by atoms with Gasteiger partial charge in [0.2, 0.25) is 0 Å². The molecule has 0 bridgehead atoms. The lowest BCUT2D eigenvalue weighted by atomic mass is 9.75. The van der Waals surface area contributed by atoms with Gasteiger partial charge in [-0.25, -0.2) is 0 Å². The fourth-order valence-electron chi connectivity index (χ4n) is 3.53. The highest BCUT2D eigenvalue weighted by molar-refractivity contribution is 5.98. The first kappa shape index (κ1) is 17.4. The Hall–Kier alpha value is -2.99. The van der Waals surface area contributed by atoms with Crippen LogP contribution in [0.3, 0.4) is 0 Å². The lowest BCUT2D eigenvalue weighted by Gasteiger charge is -2.38. The molecule has 1 atom stereocenters. The molecule has 1 fully saturated rings. The molecule has 2 aromatic heterocycles. The number of carbonyl (C=O) groups excluding carboxylic acids is 1. The van der Waals surface area contributed by atoms with E-state index in [-0.39, 0.29) is 24.0 Å². The zero-order valence-electron chi connectivity index (χ0n) is 15.0. The van der Waals surface area contributed by atoms with Crippen molar-refractivity contribution in [1.82, 2.24) is 15.3 Å². The fourth-order valence-corrected chi connectivity index (χ4v) is 3.53. The van der Waals surface area contributed by atoms with Crippen LogP contribution in [0.1, 0.15) is 34.8 Å². The summed E-state index contributed by atoms with van der Waals surface area (Å²) >= 11 is 0. The second-order valence-electron chi connectivity index (χ2n) is 6.91. The summed E-state index contributed by atoms with van der Waals surface area (Å²) in [6.07, 6.45) is 6.11. The normalized spacial score (nSPS) is 19.9. The van der Waals surface area contributed by atoms with Gasteiger partial charge in [-0.2, -0.15) is 0 Å². The Balaban J connectivity index is 1.60. The van der Waals surface area contributed by atoms with Gasteiger partial charge >= 0.3 is 0 Å². The number of methoxy groups -OCH3 is 1. The van der Waals surface area contributed by atoms with Gasteiger partial charge in [0.1, 0.15) is 5.75 Å². The highest BCUT2D eigenvalue weighted by Gasteiger charge is 2.36. The summed E-state index contributed by atoms with van der Waals surface area (Å²) in [5.41, 5.74) is 2.31. The van der Waals surface area contributed by atoms with Crippen molar-refractivity contribution in [1.29, 1.82) is 0 Å². The summed E-state index contributed by atoms with van der Waals surface area (Å²) in [5.74, 6) is 0.651. The molecule has 0 spiro atoms. The summed E-state index contributed by atoms with van der Waals surface area (Å²) in [6, 6.07) is 10.9. The molecule has 2 N–H and O–H groups in total. The van der Waals surface area contributed by atoms with Crippen molar-refractivity contribution >= 4 is 16.8 Å². The summed E-state index contributed by atoms with van der Waals surface area (Å²) in [4.78, 5) is 21.4. The molecule has 4 rings (SSSR count). The van der Waals surface area contributed by atoms with E-state index < -0.39 is 0 Å². The van der Waals surface area contributed by atoms with Gasteiger partial charge in [-0.3, -0.25) is 14.8 Å². The van der Waals surface area contributed by atoms with E-state index in [1.165, 1.54) is 0 Å². The number of ether oxygens (including phenoxy) is 1. The van der Waals surface area contributed by atoms with Crippen LogP contribution < -0.4 is 10.1 Å². The number of nitrogens with one attached hydrogen (secondary N) is 1. The first-order chi connectivity index (χ1) is 13.1. The number of hydrogen-bond donors (Lipinski definition) is 2. The Morgan fingerprint density at radius 2 is 2.11 bits per heavy atom. The van der Waals surface area contributed by atoms with Crippen molar-refractivity contribution < 1.29 is 14.6 Å². The van der Waals surface area contributed by atoms with Crippen molar-refractivity contribution in [3.05, 3.63) is 66.1 Å². The van der Waals surface area contributed by atoms with Crippen molar-refractivity contribution in [3.8, 4) is 5.75 Å². The van der Waals surface area contributed by atoms with E-state index >= 15 is 0 Å². The van der Waals surface area contributed by atoms with Gasteiger partial charge in [0.25, 0.3) is 5.91 Å². The first-order valence-corrected chi connectivity index (χ1v) is 8.96. The molecule has 3 aromatic rings. The van der Waals surface area contributed by atoms with Crippen LogP contribution in [-0.4, -0.2) is 34.2 Å². The zero-order valence-corrected chi connectivity index (χ0v) is 15.0. The third-order valence-electron chi connectivity index (χ3n) is 5.10. The van der Waals surface area contributed by atoms with Crippen LogP contribution in [0.5, 0.6) is 5.75 Å². The number of pyridine rings is 2. The predicted molar refractivity (Wildman–Crippen MR) is 101 cm³/mol. The van der Waals surface area contributed by atoms with Gasteiger partial charge in [-0.15, -0.1) is 0 Å². The maximum Gasteiger partial charge on any atom is 0.251 e. The molecule has 0 aliphatic heterocycles. The van der Waals surface area contributed by atoms with E-state index in [0.29, 0.717) is 24.2 Å². The van der Waals surface area contributed by atoms with Crippen molar-refractivity contribution in [2.45, 2.75) is 25.0 Å². The topological polar surface area (TPSA) is 84.3 Å². The summed E-state index contributed by atoms with van der Waals surface area (Å²) in [5, 5.41) is 13.8. The van der Waals surface area contributed by atoms with Crippen LogP contribution in [0.4, 0.5) is 0 Å². The number of amides is 1. The molecular weight excluding hydrogens is 342 g/mol. The smallest absolute Gasteiger partial charge is 0.251 e. The predicted octanol–water partition coefficient (Wildman–Crippen LogP) is 2.88. The van der Waals surface area contributed by atoms with Crippen LogP contribution in [0, 0.1) is 5.92 Å². The Morgan fingerprint density at radius 3 is 2.89 bits per heavy atom. The van der Waals surface area contributed by atoms with Crippen LogP contribution in [0.25, 0.3) is 10.9 Å². The van der Waals surface area contributed by atoms with E-state index in [1.807, 2.05) is 30.3 Å². The molecular formula is C21H21N3O3. The van der Waals surface area contributed by atoms with Gasteiger partial charge in [0.15, 0.2) is 0 Å². The number of aliphatic hydroxyl groups excluding tert-OH is 1. The minimum atomic E-state index is -0.306. The van der Waals surface area contributed by atoms with Crippen molar-refractivity contribution in [2.24, 2.45) is 5.92 Å². The molecule has 1 aliphatic rings. The van der Waals surface area contributed by atoms with E-state index in [0.717, 1.165) is 16.5 Å². The van der Waals surface area contributed by atoms with Crippen molar-refractivity contribution in [3.63, 3.8) is 0 Å². The third kappa shape index (κ3) is 3.61. The lowest BCUT2D eigenvalue weighted by Crippen LogP contribution is -2.41. The van der Waals surface area contributed by atoms with Gasteiger partial charge in [0, 0.05) is 23.3 Å². The maximum atomic E-state index is 12.9. The lowest BCUT2D eigenvalue weighted by molar-refractivity contribution is 0.0234. The molecule has 1 amide bonds. The van der Waals surface area contributed by atoms with E-state index in [9.17, 15) is 9.90 Å². The molecule has 1 aromatic carbocycles. The number of rotatable bonds is 5. The standard InChI is InChI=1S/C21H21N3O3/c1-27-18-10-16(11-22-12-18)20(15-8-17(25)9-15)24-21(26)14-4-5-19-13(7-14)3-2-6-23-19/h2-7,10-12,15,17,20,25H,8-9H2,1H3,(H,24,26). The highest BCUT2D eigenvalue weighted by atomic mass is 16.5. The summed E-state index contributed by atoms with van der Waals surface area (Å²) in [6.45, 7) is 0. The Morgan fingerprint density at radius 1 is 1.26 bits per heavy atom. The molecule has 2 heterocycles. The molecule has 0 radical (unpaired) electrons. The molecule has 138 valence electrons. The van der Waals surface area contributed by atoms with Gasteiger partial charge in [0.05, 0.1) is 31.0 Å². The minimum absolute atomic E-state index is 0.157. The van der Waals surface area contributed by atoms with Gasteiger partial charge < -0.3 is 15.2 Å². The molecule has 1 aliphatic carbocycles. The number of hydrogen-bond acceptors (Lipinski definition) is 5. The SMILES string of the molecule is COc1cncc(C(NC(=O)c2ccc3ncccc3c2)C2CC(O)C2)c1. The second-order valence-corrected chi connectivity index (χ2v) is 6.91. The van der Waals surface area contributed by atoms with Crippen LogP contribution in [0.15, 0.2) is 55.0 Å². The Bertz CT molecular complexity index is 970. The fraction of sp³-hybridized carbons (Fsp3) is 0.286. The first-order valence-electron chi connectivity index (χ1n) is 8.96. The maximum absolute atomic E-state index is 12.9. The molecule has 1 saturated carbocycles. The second kappa shape index (κ2) is 7.32. The number of nitrogens with zero attached hydrogens (tertiary/aromatic N) is 2. The molecule has 0 saturated heterocycles. The number of carbonyl (C=O) groups is 1. The van der Waals surface area contributed by atoms with Gasteiger partial charge in [-0.05, 0) is 54.7 Å². The summed E-state index contributed by atoms with van der Waals surface area (Å²) in [7, 11) is 1.59. The number of aromatic nitrogens is 2. The number of benzene rings is 1.